The molecule has 1 atom stereocenters. The second-order valence-corrected chi connectivity index (χ2v) is 4.65. The number of rotatable bonds is 6. The van der Waals surface area contributed by atoms with Crippen molar-refractivity contribution in [3.8, 4) is 6.07 Å². The lowest BCUT2D eigenvalue weighted by atomic mass is 10.1. The number of hydrogen-bond donors (Lipinski definition) is 0. The molecule has 4 nitrogen and oxygen atoms in total. The van der Waals surface area contributed by atoms with Crippen molar-refractivity contribution in [3.63, 3.8) is 0 Å². The van der Waals surface area contributed by atoms with E-state index in [0.29, 0.717) is 18.5 Å². The number of methoxy groups -OCH3 is 1. The van der Waals surface area contributed by atoms with Gasteiger partial charge < -0.3 is 9.64 Å². The lowest BCUT2D eigenvalue weighted by Gasteiger charge is -2.18. The van der Waals surface area contributed by atoms with Gasteiger partial charge in [-0.05, 0) is 31.0 Å². The van der Waals surface area contributed by atoms with Crippen LogP contribution >= 0.6 is 0 Å². The summed E-state index contributed by atoms with van der Waals surface area (Å²) in [6.45, 7) is 2.47. The molecule has 1 aromatic carbocycles. The van der Waals surface area contributed by atoms with Crippen LogP contribution < -0.4 is 0 Å². The van der Waals surface area contributed by atoms with E-state index in [1.54, 1.807) is 25.1 Å². The number of nitriles is 1. The molecule has 1 amide bonds. The SMILES string of the molecule is COC(C)CCC(=O)N(C)Cc1cccc(C#N)c1. The minimum atomic E-state index is 0.0891. The first-order valence-electron chi connectivity index (χ1n) is 6.32. The van der Waals surface area contributed by atoms with E-state index in [9.17, 15) is 4.79 Å². The molecule has 1 unspecified atom stereocenters. The molecule has 1 rings (SSSR count). The molecule has 0 aliphatic carbocycles. The third-order valence-electron chi connectivity index (χ3n) is 3.07. The first-order chi connectivity index (χ1) is 9.06. The average molecular weight is 260 g/mol. The van der Waals surface area contributed by atoms with E-state index in [4.69, 9.17) is 10.00 Å². The van der Waals surface area contributed by atoms with Crippen molar-refractivity contribution in [1.82, 2.24) is 4.90 Å². The van der Waals surface area contributed by atoms with Gasteiger partial charge in [0.05, 0.1) is 17.7 Å². The number of hydrogen-bond acceptors (Lipinski definition) is 3. The summed E-state index contributed by atoms with van der Waals surface area (Å²) in [5.41, 5.74) is 1.58. The molecule has 19 heavy (non-hydrogen) atoms. The maximum absolute atomic E-state index is 11.9. The molecule has 0 aliphatic rings. The number of nitrogens with zero attached hydrogens (tertiary/aromatic N) is 2. The number of carbonyl (C=O) groups is 1. The Morgan fingerprint density at radius 1 is 1.53 bits per heavy atom. The van der Waals surface area contributed by atoms with Gasteiger partial charge in [0, 0.05) is 27.1 Å². The van der Waals surface area contributed by atoms with Gasteiger partial charge in [-0.1, -0.05) is 12.1 Å². The van der Waals surface area contributed by atoms with Crippen molar-refractivity contribution in [1.29, 1.82) is 5.26 Å². The molecule has 0 bridgehead atoms. The lowest BCUT2D eigenvalue weighted by molar-refractivity contribution is -0.131. The van der Waals surface area contributed by atoms with E-state index < -0.39 is 0 Å². The Bertz CT molecular complexity index is 465. The highest BCUT2D eigenvalue weighted by atomic mass is 16.5. The quantitative estimate of drug-likeness (QED) is 0.788. The molecular formula is C15H20N2O2. The molecule has 0 fully saturated rings. The molecule has 0 N–H and O–H groups in total. The standard InChI is InChI=1S/C15H20N2O2/c1-12(19-3)7-8-15(18)17(2)11-14-6-4-5-13(9-14)10-16/h4-6,9,12H,7-8,11H2,1-3H3. The number of amides is 1. The van der Waals surface area contributed by atoms with E-state index in [2.05, 4.69) is 6.07 Å². The maximum atomic E-state index is 11.9. The van der Waals surface area contributed by atoms with Crippen LogP contribution in [0.3, 0.4) is 0 Å². The zero-order valence-electron chi connectivity index (χ0n) is 11.7. The largest absolute Gasteiger partial charge is 0.382 e. The van der Waals surface area contributed by atoms with E-state index in [-0.39, 0.29) is 12.0 Å². The van der Waals surface area contributed by atoms with Crippen LogP contribution in [0.25, 0.3) is 0 Å². The van der Waals surface area contributed by atoms with Crippen LogP contribution in [0.1, 0.15) is 30.9 Å². The summed E-state index contributed by atoms with van der Waals surface area (Å²) in [6, 6.07) is 9.41. The van der Waals surface area contributed by atoms with Crippen molar-refractivity contribution in [2.75, 3.05) is 14.2 Å². The third-order valence-corrected chi connectivity index (χ3v) is 3.07. The normalized spacial score (nSPS) is 11.7. The molecule has 0 radical (unpaired) electrons. The van der Waals surface area contributed by atoms with Gasteiger partial charge in [0.2, 0.25) is 5.91 Å². The van der Waals surface area contributed by atoms with Crippen LogP contribution in [0, 0.1) is 11.3 Å². The second-order valence-electron chi connectivity index (χ2n) is 4.65. The highest BCUT2D eigenvalue weighted by Gasteiger charge is 2.11. The summed E-state index contributed by atoms with van der Waals surface area (Å²) in [5, 5.41) is 8.83. The number of benzene rings is 1. The highest BCUT2D eigenvalue weighted by molar-refractivity contribution is 5.75. The Morgan fingerprint density at radius 3 is 2.89 bits per heavy atom. The van der Waals surface area contributed by atoms with E-state index in [0.717, 1.165) is 12.0 Å². The monoisotopic (exact) mass is 260 g/mol. The summed E-state index contributed by atoms with van der Waals surface area (Å²) < 4.78 is 5.12. The fourth-order valence-corrected chi connectivity index (χ4v) is 1.74. The summed E-state index contributed by atoms with van der Waals surface area (Å²) in [6.07, 6.45) is 1.29. The molecule has 0 aliphatic heterocycles. The Kier molecular flexibility index (Phi) is 6.04. The van der Waals surface area contributed by atoms with Crippen molar-refractivity contribution in [2.24, 2.45) is 0 Å². The smallest absolute Gasteiger partial charge is 0.222 e. The molecule has 0 aromatic heterocycles. The Morgan fingerprint density at radius 2 is 2.26 bits per heavy atom. The van der Waals surface area contributed by atoms with Crippen molar-refractivity contribution in [3.05, 3.63) is 35.4 Å². The van der Waals surface area contributed by atoms with Crippen LogP contribution in [-0.2, 0) is 16.1 Å². The van der Waals surface area contributed by atoms with Crippen molar-refractivity contribution in [2.45, 2.75) is 32.4 Å². The van der Waals surface area contributed by atoms with E-state index >= 15 is 0 Å². The number of ether oxygens (including phenoxy) is 1. The van der Waals surface area contributed by atoms with Crippen LogP contribution in [0.15, 0.2) is 24.3 Å². The number of carbonyl (C=O) groups excluding carboxylic acids is 1. The maximum Gasteiger partial charge on any atom is 0.222 e. The fourth-order valence-electron chi connectivity index (χ4n) is 1.74. The van der Waals surface area contributed by atoms with Crippen molar-refractivity contribution >= 4 is 5.91 Å². The molecule has 0 saturated heterocycles. The van der Waals surface area contributed by atoms with E-state index in [1.165, 1.54) is 0 Å². The van der Waals surface area contributed by atoms with E-state index in [1.807, 2.05) is 25.1 Å². The molecule has 0 saturated carbocycles. The Balaban J connectivity index is 2.51. The van der Waals surface area contributed by atoms with Gasteiger partial charge in [0.15, 0.2) is 0 Å². The summed E-state index contributed by atoms with van der Waals surface area (Å²) >= 11 is 0. The van der Waals surface area contributed by atoms with Crippen LogP contribution in [-0.4, -0.2) is 31.1 Å². The molecular weight excluding hydrogens is 240 g/mol. The van der Waals surface area contributed by atoms with Gasteiger partial charge in [0.25, 0.3) is 0 Å². The van der Waals surface area contributed by atoms with Crippen molar-refractivity contribution < 1.29 is 9.53 Å². The lowest BCUT2D eigenvalue weighted by Crippen LogP contribution is -2.26. The molecule has 1 aromatic rings. The second kappa shape index (κ2) is 7.55. The van der Waals surface area contributed by atoms with Gasteiger partial charge in [-0.15, -0.1) is 0 Å². The molecule has 102 valence electrons. The van der Waals surface area contributed by atoms with Gasteiger partial charge in [-0.25, -0.2) is 0 Å². The van der Waals surface area contributed by atoms with Gasteiger partial charge in [0.1, 0.15) is 0 Å². The fraction of sp³-hybridized carbons (Fsp3) is 0.467. The minimum absolute atomic E-state index is 0.0891. The average Bonchev–Trinajstić information content (AvgIpc) is 2.44. The first-order valence-corrected chi connectivity index (χ1v) is 6.32. The summed E-state index contributed by atoms with van der Waals surface area (Å²) in [7, 11) is 3.42. The zero-order valence-corrected chi connectivity index (χ0v) is 11.7. The van der Waals surface area contributed by atoms with Gasteiger partial charge >= 0.3 is 0 Å². The first kappa shape index (κ1) is 15.2. The van der Waals surface area contributed by atoms with Crippen LogP contribution in [0.2, 0.25) is 0 Å². The van der Waals surface area contributed by atoms with Crippen LogP contribution in [0.5, 0.6) is 0 Å². The Labute approximate surface area is 114 Å². The molecule has 4 heteroatoms. The minimum Gasteiger partial charge on any atom is -0.382 e. The van der Waals surface area contributed by atoms with Gasteiger partial charge in [-0.2, -0.15) is 5.26 Å². The summed E-state index contributed by atoms with van der Waals surface area (Å²) in [5.74, 6) is 0.0891. The van der Waals surface area contributed by atoms with Crippen LogP contribution in [0.4, 0.5) is 0 Å². The third kappa shape index (κ3) is 5.11. The Hall–Kier alpha value is -1.86. The zero-order chi connectivity index (χ0) is 14.3. The predicted molar refractivity (Wildman–Crippen MR) is 73.3 cm³/mol. The molecule has 0 spiro atoms. The predicted octanol–water partition coefficient (Wildman–Crippen LogP) is 2.33. The topological polar surface area (TPSA) is 53.3 Å². The van der Waals surface area contributed by atoms with Gasteiger partial charge in [-0.3, -0.25) is 4.79 Å². The summed E-state index contributed by atoms with van der Waals surface area (Å²) in [4.78, 5) is 13.6. The highest BCUT2D eigenvalue weighted by Crippen LogP contribution is 2.09. The molecule has 0 heterocycles.